The van der Waals surface area contributed by atoms with Crippen LogP contribution in [0.2, 0.25) is 0 Å². The second kappa shape index (κ2) is 8.20. The van der Waals surface area contributed by atoms with Crippen molar-refractivity contribution in [3.05, 3.63) is 89.6 Å². The van der Waals surface area contributed by atoms with Gasteiger partial charge in [0.05, 0.1) is 11.3 Å². The molecule has 152 valence electrons. The Bertz CT molecular complexity index is 1120. The number of aromatic hydroxyl groups is 1. The summed E-state index contributed by atoms with van der Waals surface area (Å²) in [6.07, 6.45) is 0.716. The Balaban J connectivity index is 1.33. The molecule has 0 radical (unpaired) electrons. The Kier molecular flexibility index (Phi) is 5.11. The van der Waals surface area contributed by atoms with Gasteiger partial charge in [0, 0.05) is 50.2 Å². The second-order valence-electron chi connectivity index (χ2n) is 7.83. The lowest BCUT2D eigenvalue weighted by Gasteiger charge is -2.36. The molecule has 0 unspecified atom stereocenters. The van der Waals surface area contributed by atoms with Crippen LogP contribution in [0.4, 0.5) is 5.69 Å². The molecular weight excluding hydrogens is 374 g/mol. The molecule has 0 atom stereocenters. The summed E-state index contributed by atoms with van der Waals surface area (Å²) in [5.41, 5.74) is 4.90. The van der Waals surface area contributed by atoms with Crippen LogP contribution in [0.15, 0.2) is 77.3 Å². The maximum Gasteiger partial charge on any atom is 0.175 e. The first-order chi connectivity index (χ1) is 14.8. The summed E-state index contributed by atoms with van der Waals surface area (Å²) in [4.78, 5) is 4.77. The minimum Gasteiger partial charge on any atom is -0.507 e. The number of piperazine rings is 1. The topological polar surface area (TPSA) is 52.7 Å². The van der Waals surface area contributed by atoms with Crippen molar-refractivity contribution >= 4 is 16.7 Å². The molecule has 0 aliphatic carbocycles. The average molecular weight is 399 g/mol. The lowest BCUT2D eigenvalue weighted by molar-refractivity contribution is 0.246. The van der Waals surface area contributed by atoms with Crippen LogP contribution < -0.4 is 4.90 Å². The lowest BCUT2D eigenvalue weighted by Crippen LogP contribution is -2.45. The predicted octanol–water partition coefficient (Wildman–Crippen LogP) is 4.45. The molecule has 5 nitrogen and oxygen atoms in total. The Labute approximate surface area is 176 Å². The van der Waals surface area contributed by atoms with E-state index in [-0.39, 0.29) is 5.75 Å². The molecule has 0 bridgehead atoms. The third-order valence-electron chi connectivity index (χ3n) is 5.88. The van der Waals surface area contributed by atoms with Gasteiger partial charge < -0.3 is 14.5 Å². The Hall–Kier alpha value is -3.31. The quantitative estimate of drug-likeness (QED) is 0.537. The van der Waals surface area contributed by atoms with E-state index in [4.69, 9.17) is 4.52 Å². The normalized spacial score (nSPS) is 15.0. The zero-order valence-electron chi connectivity index (χ0n) is 16.9. The number of phenolic OH excluding ortho intramolecular Hbond substituents is 1. The lowest BCUT2D eigenvalue weighted by atomic mass is 10.0. The fraction of sp³-hybridized carbons (Fsp3) is 0.240. The Morgan fingerprint density at radius 2 is 1.53 bits per heavy atom. The van der Waals surface area contributed by atoms with Gasteiger partial charge in [0.2, 0.25) is 0 Å². The third kappa shape index (κ3) is 3.76. The van der Waals surface area contributed by atoms with Crippen molar-refractivity contribution in [1.29, 1.82) is 0 Å². The van der Waals surface area contributed by atoms with Crippen molar-refractivity contribution in [2.75, 3.05) is 31.1 Å². The number of benzene rings is 3. The summed E-state index contributed by atoms with van der Waals surface area (Å²) in [6, 6.07) is 24.5. The number of nitrogens with zero attached hydrogens (tertiary/aromatic N) is 3. The molecule has 0 saturated carbocycles. The van der Waals surface area contributed by atoms with Gasteiger partial charge in [-0.1, -0.05) is 53.7 Å². The summed E-state index contributed by atoms with van der Waals surface area (Å²) in [7, 11) is 0. The van der Waals surface area contributed by atoms with Gasteiger partial charge in [0.15, 0.2) is 5.58 Å². The highest BCUT2D eigenvalue weighted by Crippen LogP contribution is 2.31. The highest BCUT2D eigenvalue weighted by molar-refractivity contribution is 5.84. The van der Waals surface area contributed by atoms with Gasteiger partial charge in [0.1, 0.15) is 5.75 Å². The van der Waals surface area contributed by atoms with E-state index in [1.165, 1.54) is 11.3 Å². The van der Waals surface area contributed by atoms with Crippen molar-refractivity contribution in [3.8, 4) is 5.75 Å². The molecule has 1 aromatic heterocycles. The molecule has 5 rings (SSSR count). The van der Waals surface area contributed by atoms with Crippen LogP contribution in [0.1, 0.15) is 16.8 Å². The Morgan fingerprint density at radius 1 is 0.833 bits per heavy atom. The number of anilines is 1. The molecular formula is C25H25N3O2. The number of rotatable bonds is 5. The molecule has 30 heavy (non-hydrogen) atoms. The van der Waals surface area contributed by atoms with E-state index in [9.17, 15) is 5.11 Å². The fourth-order valence-electron chi connectivity index (χ4n) is 4.19. The molecule has 4 aromatic rings. The molecule has 0 spiro atoms. The molecule has 0 amide bonds. The van der Waals surface area contributed by atoms with E-state index in [1.54, 1.807) is 6.07 Å². The van der Waals surface area contributed by atoms with Gasteiger partial charge >= 0.3 is 0 Å². The average Bonchev–Trinajstić information content (AvgIpc) is 3.20. The third-order valence-corrected chi connectivity index (χ3v) is 5.88. The number of fused-ring (bicyclic) bond motifs is 1. The van der Waals surface area contributed by atoms with E-state index in [0.717, 1.165) is 42.8 Å². The van der Waals surface area contributed by atoms with Crippen LogP contribution in [0.3, 0.4) is 0 Å². The van der Waals surface area contributed by atoms with Crippen LogP contribution in [0.25, 0.3) is 11.0 Å². The molecule has 3 aromatic carbocycles. The summed E-state index contributed by atoms with van der Waals surface area (Å²) in [5.74, 6) is 0.274. The van der Waals surface area contributed by atoms with Crippen molar-refractivity contribution in [1.82, 2.24) is 10.1 Å². The summed E-state index contributed by atoms with van der Waals surface area (Å²) >= 11 is 0. The number of aromatic nitrogens is 1. The molecule has 1 aliphatic heterocycles. The van der Waals surface area contributed by atoms with Gasteiger partial charge in [-0.2, -0.15) is 0 Å². The van der Waals surface area contributed by atoms with Crippen LogP contribution in [0.5, 0.6) is 5.75 Å². The summed E-state index contributed by atoms with van der Waals surface area (Å²) in [5, 5.41) is 15.8. The van der Waals surface area contributed by atoms with Crippen LogP contribution in [-0.2, 0) is 13.0 Å². The molecule has 5 heteroatoms. The van der Waals surface area contributed by atoms with Gasteiger partial charge in [-0.15, -0.1) is 0 Å². The predicted molar refractivity (Wildman–Crippen MR) is 119 cm³/mol. The van der Waals surface area contributed by atoms with Crippen molar-refractivity contribution < 1.29 is 9.63 Å². The van der Waals surface area contributed by atoms with Crippen molar-refractivity contribution in [2.45, 2.75) is 13.0 Å². The van der Waals surface area contributed by atoms with Gasteiger partial charge in [-0.25, -0.2) is 0 Å². The van der Waals surface area contributed by atoms with E-state index < -0.39 is 0 Å². The second-order valence-corrected chi connectivity index (χ2v) is 7.83. The first-order valence-electron chi connectivity index (χ1n) is 10.4. The number of hydrogen-bond acceptors (Lipinski definition) is 5. The number of hydrogen-bond donors (Lipinski definition) is 1. The monoisotopic (exact) mass is 399 g/mol. The van der Waals surface area contributed by atoms with Crippen LogP contribution in [0, 0.1) is 0 Å². The minimum atomic E-state index is 0.274. The molecule has 1 fully saturated rings. The zero-order valence-corrected chi connectivity index (χ0v) is 16.9. The zero-order chi connectivity index (χ0) is 20.3. The maximum absolute atomic E-state index is 10.5. The summed E-state index contributed by atoms with van der Waals surface area (Å²) < 4.78 is 5.72. The molecule has 1 saturated heterocycles. The standard InChI is InChI=1S/C25H25N3O2/c29-24-12-11-21-23(17-19-7-3-1-4-8-19)26-30-25(21)22(24)18-27-13-15-28(16-14-27)20-9-5-2-6-10-20/h1-12,29H,13-18H2. The van der Waals surface area contributed by atoms with Gasteiger partial charge in [0.25, 0.3) is 0 Å². The van der Waals surface area contributed by atoms with E-state index in [0.29, 0.717) is 18.5 Å². The highest BCUT2D eigenvalue weighted by atomic mass is 16.5. The van der Waals surface area contributed by atoms with Gasteiger partial charge in [-0.3, -0.25) is 4.90 Å². The largest absolute Gasteiger partial charge is 0.507 e. The van der Waals surface area contributed by atoms with E-state index in [1.807, 2.05) is 30.3 Å². The number of phenols is 1. The SMILES string of the molecule is Oc1ccc2c(Cc3ccccc3)noc2c1CN1CCN(c2ccccc2)CC1. The smallest absolute Gasteiger partial charge is 0.175 e. The highest BCUT2D eigenvalue weighted by Gasteiger charge is 2.22. The van der Waals surface area contributed by atoms with E-state index >= 15 is 0 Å². The molecule has 2 heterocycles. The van der Waals surface area contributed by atoms with E-state index in [2.05, 4.69) is 51.4 Å². The molecule has 1 N–H and O–H groups in total. The first kappa shape index (κ1) is 18.7. The van der Waals surface area contributed by atoms with Crippen molar-refractivity contribution in [3.63, 3.8) is 0 Å². The van der Waals surface area contributed by atoms with Crippen LogP contribution >= 0.6 is 0 Å². The first-order valence-corrected chi connectivity index (χ1v) is 10.4. The maximum atomic E-state index is 10.5. The van der Waals surface area contributed by atoms with Gasteiger partial charge in [-0.05, 0) is 29.8 Å². The minimum absolute atomic E-state index is 0.274. The summed E-state index contributed by atoms with van der Waals surface area (Å²) in [6.45, 7) is 4.48. The fourth-order valence-corrected chi connectivity index (χ4v) is 4.19. The van der Waals surface area contributed by atoms with Crippen molar-refractivity contribution in [2.24, 2.45) is 0 Å². The Morgan fingerprint density at radius 3 is 2.27 bits per heavy atom. The number of para-hydroxylation sites is 1. The molecule has 1 aliphatic rings. The van der Waals surface area contributed by atoms with Crippen LogP contribution in [-0.4, -0.2) is 41.3 Å².